The molecule has 2 N–H and O–H groups in total. The Labute approximate surface area is 135 Å². The van der Waals surface area contributed by atoms with Crippen molar-refractivity contribution in [2.45, 2.75) is 19.9 Å². The van der Waals surface area contributed by atoms with Gasteiger partial charge in [0.25, 0.3) is 0 Å². The van der Waals surface area contributed by atoms with Crippen LogP contribution in [0, 0.1) is 24.4 Å². The molecule has 1 heterocycles. The number of nitrogens with zero attached hydrogens (tertiary/aromatic N) is 2. The molecule has 0 saturated heterocycles. The van der Waals surface area contributed by atoms with Crippen molar-refractivity contribution in [1.29, 1.82) is 0 Å². The number of aromatic nitrogens is 2. The second kappa shape index (κ2) is 6.73. The van der Waals surface area contributed by atoms with E-state index in [1.165, 1.54) is 11.6 Å². The molecule has 0 spiro atoms. The molecule has 1 unspecified atom stereocenters. The molecular weight excluding hydrogens is 325 g/mol. The topological polar surface area (TPSA) is 76.0 Å². The zero-order valence-electron chi connectivity index (χ0n) is 13.2. The normalized spacial score (nSPS) is 11.9. The minimum Gasteiger partial charge on any atom is -0.341 e. The lowest BCUT2D eigenvalue weighted by Gasteiger charge is -2.14. The Morgan fingerprint density at radius 2 is 1.71 bits per heavy atom. The van der Waals surface area contributed by atoms with E-state index in [1.807, 2.05) is 0 Å². The molecule has 0 saturated carbocycles. The summed E-state index contributed by atoms with van der Waals surface area (Å²) < 4.78 is 40.7. The van der Waals surface area contributed by atoms with Crippen molar-refractivity contribution in [2.75, 3.05) is 5.32 Å². The number of amides is 2. The van der Waals surface area contributed by atoms with Gasteiger partial charge in [0.15, 0.2) is 17.5 Å². The molecule has 1 aromatic heterocycles. The van der Waals surface area contributed by atoms with Crippen LogP contribution in [0.4, 0.5) is 19.0 Å². The summed E-state index contributed by atoms with van der Waals surface area (Å²) in [5.41, 5.74) is 0.641. The van der Waals surface area contributed by atoms with Gasteiger partial charge in [0.2, 0.25) is 0 Å². The maximum atomic E-state index is 13.2. The van der Waals surface area contributed by atoms with E-state index in [2.05, 4.69) is 15.7 Å². The van der Waals surface area contributed by atoms with Gasteiger partial charge in [0.1, 0.15) is 5.82 Å². The highest BCUT2D eigenvalue weighted by atomic mass is 19.2. The molecule has 0 aliphatic carbocycles. The van der Waals surface area contributed by atoms with Gasteiger partial charge in [-0.1, -0.05) is 0 Å². The average Bonchev–Trinajstić information content (AvgIpc) is 2.81. The minimum atomic E-state index is -1.60. The lowest BCUT2D eigenvalue weighted by atomic mass is 10.1. The van der Waals surface area contributed by atoms with E-state index in [0.717, 1.165) is 12.1 Å². The monoisotopic (exact) mass is 340 g/mol. The van der Waals surface area contributed by atoms with Crippen molar-refractivity contribution in [3.8, 4) is 0 Å². The van der Waals surface area contributed by atoms with Gasteiger partial charge in [0.05, 0.1) is 11.7 Å². The zero-order chi connectivity index (χ0) is 18.0. The van der Waals surface area contributed by atoms with E-state index in [4.69, 9.17) is 0 Å². The molecule has 2 amide bonds. The number of anilines is 1. The molecule has 9 heteroatoms. The second-order valence-electron chi connectivity index (χ2n) is 5.24. The summed E-state index contributed by atoms with van der Waals surface area (Å²) in [6, 6.07) is 2.18. The molecule has 6 nitrogen and oxygen atoms in total. The number of benzene rings is 1. The lowest BCUT2D eigenvalue weighted by molar-refractivity contribution is -0.136. The Balaban J connectivity index is 2.05. The summed E-state index contributed by atoms with van der Waals surface area (Å²) in [5.74, 6) is -6.00. The SMILES string of the molecule is Cc1cc(NC(=O)C(=O)NC(C)c2cc(F)c(F)c(F)c2)n(C)n1. The fourth-order valence-electron chi connectivity index (χ4n) is 2.07. The van der Waals surface area contributed by atoms with Crippen LogP contribution in [0.15, 0.2) is 18.2 Å². The summed E-state index contributed by atoms with van der Waals surface area (Å²) in [7, 11) is 1.59. The van der Waals surface area contributed by atoms with Crippen molar-refractivity contribution in [3.05, 3.63) is 46.9 Å². The predicted molar refractivity (Wildman–Crippen MR) is 79.4 cm³/mol. The van der Waals surface area contributed by atoms with Crippen LogP contribution in [-0.4, -0.2) is 21.6 Å². The number of carbonyl (C=O) groups is 2. The summed E-state index contributed by atoms with van der Waals surface area (Å²) in [6.07, 6.45) is 0. The molecule has 0 aliphatic heterocycles. The van der Waals surface area contributed by atoms with Crippen LogP contribution in [0.3, 0.4) is 0 Å². The molecule has 128 valence electrons. The van der Waals surface area contributed by atoms with Crippen molar-refractivity contribution < 1.29 is 22.8 Å². The van der Waals surface area contributed by atoms with Gasteiger partial charge in [0, 0.05) is 13.1 Å². The van der Waals surface area contributed by atoms with E-state index in [0.29, 0.717) is 11.5 Å². The van der Waals surface area contributed by atoms with E-state index in [-0.39, 0.29) is 5.56 Å². The fourth-order valence-corrected chi connectivity index (χ4v) is 2.07. The quantitative estimate of drug-likeness (QED) is 0.662. The number of hydrogen-bond acceptors (Lipinski definition) is 3. The van der Waals surface area contributed by atoms with Crippen LogP contribution in [0.25, 0.3) is 0 Å². The summed E-state index contributed by atoms with van der Waals surface area (Å²) in [5, 5.41) is 8.65. The predicted octanol–water partition coefficient (Wildman–Crippen LogP) is 1.96. The molecule has 24 heavy (non-hydrogen) atoms. The zero-order valence-corrected chi connectivity index (χ0v) is 13.2. The van der Waals surface area contributed by atoms with E-state index >= 15 is 0 Å². The Morgan fingerprint density at radius 3 is 2.21 bits per heavy atom. The highest BCUT2D eigenvalue weighted by molar-refractivity contribution is 6.39. The van der Waals surface area contributed by atoms with Crippen molar-refractivity contribution in [2.24, 2.45) is 7.05 Å². The van der Waals surface area contributed by atoms with Gasteiger partial charge in [-0.2, -0.15) is 5.10 Å². The third kappa shape index (κ3) is 3.73. The van der Waals surface area contributed by atoms with Crippen LogP contribution in [-0.2, 0) is 16.6 Å². The van der Waals surface area contributed by atoms with Gasteiger partial charge in [-0.05, 0) is 31.5 Å². The Bertz CT molecular complexity index is 781. The molecule has 1 aromatic carbocycles. The van der Waals surface area contributed by atoms with Crippen molar-refractivity contribution in [3.63, 3.8) is 0 Å². The minimum absolute atomic E-state index is 0.0103. The first-order chi connectivity index (χ1) is 11.2. The van der Waals surface area contributed by atoms with Crippen LogP contribution in [0.1, 0.15) is 24.2 Å². The summed E-state index contributed by atoms with van der Waals surface area (Å²) in [6.45, 7) is 3.13. The molecular formula is C15H15F3N4O2. The number of carbonyl (C=O) groups excluding carboxylic acids is 2. The highest BCUT2D eigenvalue weighted by Crippen LogP contribution is 2.19. The van der Waals surface area contributed by atoms with E-state index < -0.39 is 35.3 Å². The lowest BCUT2D eigenvalue weighted by Crippen LogP contribution is -2.37. The van der Waals surface area contributed by atoms with Crippen molar-refractivity contribution >= 4 is 17.6 Å². The first-order valence-corrected chi connectivity index (χ1v) is 6.96. The Morgan fingerprint density at radius 1 is 1.12 bits per heavy atom. The number of halogens is 3. The molecule has 0 radical (unpaired) electrons. The fraction of sp³-hybridized carbons (Fsp3) is 0.267. The maximum absolute atomic E-state index is 13.2. The number of hydrogen-bond donors (Lipinski definition) is 2. The van der Waals surface area contributed by atoms with E-state index in [1.54, 1.807) is 20.0 Å². The second-order valence-corrected chi connectivity index (χ2v) is 5.24. The molecule has 0 aliphatic rings. The largest absolute Gasteiger partial charge is 0.341 e. The summed E-state index contributed by atoms with van der Waals surface area (Å²) in [4.78, 5) is 23.7. The van der Waals surface area contributed by atoms with Gasteiger partial charge in [-0.25, -0.2) is 13.2 Å². The molecule has 0 fully saturated rings. The highest BCUT2D eigenvalue weighted by Gasteiger charge is 2.20. The summed E-state index contributed by atoms with van der Waals surface area (Å²) >= 11 is 0. The number of rotatable bonds is 3. The van der Waals surface area contributed by atoms with Crippen LogP contribution in [0.5, 0.6) is 0 Å². The third-order valence-corrected chi connectivity index (χ3v) is 3.30. The first-order valence-electron chi connectivity index (χ1n) is 6.96. The van der Waals surface area contributed by atoms with Gasteiger partial charge < -0.3 is 10.6 Å². The van der Waals surface area contributed by atoms with E-state index in [9.17, 15) is 22.8 Å². The maximum Gasteiger partial charge on any atom is 0.314 e. The first kappa shape index (κ1) is 17.5. The molecule has 0 bridgehead atoms. The Kier molecular flexibility index (Phi) is 4.91. The van der Waals surface area contributed by atoms with Crippen LogP contribution in [0.2, 0.25) is 0 Å². The Hall–Kier alpha value is -2.84. The van der Waals surface area contributed by atoms with Gasteiger partial charge in [-0.15, -0.1) is 0 Å². The average molecular weight is 340 g/mol. The number of aryl methyl sites for hydroxylation is 2. The van der Waals surface area contributed by atoms with Crippen molar-refractivity contribution in [1.82, 2.24) is 15.1 Å². The van der Waals surface area contributed by atoms with Crippen LogP contribution < -0.4 is 10.6 Å². The molecule has 2 aromatic rings. The smallest absolute Gasteiger partial charge is 0.314 e. The standard InChI is InChI=1S/C15H15F3N4O2/c1-7-4-12(22(3)21-7)20-15(24)14(23)19-8(2)9-5-10(16)13(18)11(17)6-9/h4-6,8H,1-3H3,(H,19,23)(H,20,24). The third-order valence-electron chi connectivity index (χ3n) is 3.30. The number of nitrogens with one attached hydrogen (secondary N) is 2. The van der Waals surface area contributed by atoms with Gasteiger partial charge >= 0.3 is 11.8 Å². The molecule has 1 atom stereocenters. The van der Waals surface area contributed by atoms with Gasteiger partial charge in [-0.3, -0.25) is 14.3 Å². The van der Waals surface area contributed by atoms with Crippen LogP contribution >= 0.6 is 0 Å². The molecule has 2 rings (SSSR count).